The van der Waals surface area contributed by atoms with E-state index in [0.29, 0.717) is 0 Å². The van der Waals surface area contributed by atoms with Crippen LogP contribution in [0.15, 0.2) is 24.3 Å². The van der Waals surface area contributed by atoms with Gasteiger partial charge in [-0.15, -0.1) is 0 Å². The molecule has 0 aliphatic carbocycles. The number of hydrogen-bond acceptors (Lipinski definition) is 5. The molecule has 0 aromatic heterocycles. The summed E-state index contributed by atoms with van der Waals surface area (Å²) in [5.41, 5.74) is -0.985. The molecule has 1 amide bonds. The van der Waals surface area contributed by atoms with Gasteiger partial charge in [0.25, 0.3) is 5.91 Å². The minimum atomic E-state index is -4.53. The Hall–Kier alpha value is -2.60. The second-order valence-electron chi connectivity index (χ2n) is 5.37. The molecule has 0 heterocycles. The van der Waals surface area contributed by atoms with Crippen LogP contribution in [0.1, 0.15) is 30.6 Å². The molecule has 0 radical (unpaired) electrons. The van der Waals surface area contributed by atoms with Crippen LogP contribution in [0, 0.1) is 17.2 Å². The number of esters is 1. The molecule has 1 rings (SSSR count). The fourth-order valence-electron chi connectivity index (χ4n) is 2.02. The Kier molecular flexibility index (Phi) is 6.94. The molecule has 25 heavy (non-hydrogen) atoms. The van der Waals surface area contributed by atoms with Crippen LogP contribution in [0.25, 0.3) is 0 Å². The molecule has 2 N–H and O–H groups in total. The van der Waals surface area contributed by atoms with Crippen molar-refractivity contribution in [2.24, 2.45) is 5.92 Å². The maximum Gasteiger partial charge on any atom is 0.416 e. The molecule has 0 fully saturated rings. The molecule has 0 bridgehead atoms. The van der Waals surface area contributed by atoms with Gasteiger partial charge in [-0.05, 0) is 31.0 Å². The van der Waals surface area contributed by atoms with Gasteiger partial charge in [0.05, 0.1) is 18.7 Å². The summed E-state index contributed by atoms with van der Waals surface area (Å²) in [6.07, 6.45) is -6.34. The summed E-state index contributed by atoms with van der Waals surface area (Å²) >= 11 is 0. The molecule has 9 heteroatoms. The number of alkyl halides is 3. The highest BCUT2D eigenvalue weighted by Gasteiger charge is 2.31. The Labute approximate surface area is 142 Å². The maximum absolute atomic E-state index is 12.5. The third-order valence-electron chi connectivity index (χ3n) is 3.41. The van der Waals surface area contributed by atoms with Crippen LogP contribution < -0.4 is 5.32 Å². The van der Waals surface area contributed by atoms with Gasteiger partial charge in [0.15, 0.2) is 6.10 Å². The predicted octanol–water partition coefficient (Wildman–Crippen LogP) is 1.95. The van der Waals surface area contributed by atoms with Gasteiger partial charge >= 0.3 is 12.1 Å². The Bertz CT molecular complexity index is 653. The first-order valence-corrected chi connectivity index (χ1v) is 7.23. The number of hydrogen-bond donors (Lipinski definition) is 2. The van der Waals surface area contributed by atoms with E-state index in [0.717, 1.165) is 31.4 Å². The monoisotopic (exact) mass is 358 g/mol. The molecular formula is C16H17F3N2O4. The highest BCUT2D eigenvalue weighted by Crippen LogP contribution is 2.30. The SMILES string of the molecule is COC(=O)[C@H](C[C@@H](C)C#N)NC(=O)[C@H](O)c1ccc(C(F)(F)F)cc1. The average molecular weight is 358 g/mol. The van der Waals surface area contributed by atoms with Crippen molar-refractivity contribution in [3.05, 3.63) is 35.4 Å². The summed E-state index contributed by atoms with van der Waals surface area (Å²) in [5, 5.41) is 21.0. The van der Waals surface area contributed by atoms with E-state index in [1.54, 1.807) is 0 Å². The fraction of sp³-hybridized carbons (Fsp3) is 0.438. The molecule has 0 saturated carbocycles. The number of nitrogens with one attached hydrogen (secondary N) is 1. The van der Waals surface area contributed by atoms with Gasteiger partial charge in [-0.1, -0.05) is 12.1 Å². The van der Waals surface area contributed by atoms with Gasteiger partial charge in [-0.2, -0.15) is 18.4 Å². The molecule has 0 aliphatic rings. The van der Waals surface area contributed by atoms with Gasteiger partial charge in [0, 0.05) is 5.92 Å². The number of rotatable bonds is 6. The van der Waals surface area contributed by atoms with Crippen LogP contribution in [0.4, 0.5) is 13.2 Å². The first-order chi connectivity index (χ1) is 11.6. The number of carbonyl (C=O) groups is 2. The highest BCUT2D eigenvalue weighted by molar-refractivity contribution is 5.87. The molecule has 136 valence electrons. The van der Waals surface area contributed by atoms with E-state index in [9.17, 15) is 27.9 Å². The summed E-state index contributed by atoms with van der Waals surface area (Å²) in [4.78, 5) is 23.7. The summed E-state index contributed by atoms with van der Waals surface area (Å²) in [6, 6.07) is 4.16. The van der Waals surface area contributed by atoms with Crippen LogP contribution in [0.5, 0.6) is 0 Å². The smallest absolute Gasteiger partial charge is 0.416 e. The van der Waals surface area contributed by atoms with E-state index < -0.39 is 41.7 Å². The maximum atomic E-state index is 12.5. The fourth-order valence-corrected chi connectivity index (χ4v) is 2.02. The largest absolute Gasteiger partial charge is 0.467 e. The first-order valence-electron chi connectivity index (χ1n) is 7.23. The molecule has 0 unspecified atom stereocenters. The van der Waals surface area contributed by atoms with Crippen molar-refractivity contribution in [2.45, 2.75) is 31.7 Å². The Morgan fingerprint density at radius 3 is 2.32 bits per heavy atom. The normalized spacial score (nSPS) is 14.8. The zero-order chi connectivity index (χ0) is 19.2. The lowest BCUT2D eigenvalue weighted by Crippen LogP contribution is -2.44. The van der Waals surface area contributed by atoms with Crippen molar-refractivity contribution in [1.29, 1.82) is 5.26 Å². The number of benzene rings is 1. The lowest BCUT2D eigenvalue weighted by atomic mass is 10.0. The first kappa shape index (κ1) is 20.4. The van der Waals surface area contributed by atoms with E-state index in [1.807, 2.05) is 6.07 Å². The predicted molar refractivity (Wildman–Crippen MR) is 79.7 cm³/mol. The average Bonchev–Trinajstić information content (AvgIpc) is 2.58. The molecule has 0 aliphatic heterocycles. The van der Waals surface area contributed by atoms with E-state index in [1.165, 1.54) is 6.92 Å². The van der Waals surface area contributed by atoms with Crippen molar-refractivity contribution in [3.8, 4) is 6.07 Å². The zero-order valence-electron chi connectivity index (χ0n) is 13.5. The third kappa shape index (κ3) is 5.76. The lowest BCUT2D eigenvalue weighted by Gasteiger charge is -2.20. The topological polar surface area (TPSA) is 99.4 Å². The number of halogens is 3. The molecular weight excluding hydrogens is 341 g/mol. The van der Waals surface area contributed by atoms with Gasteiger partial charge < -0.3 is 15.2 Å². The van der Waals surface area contributed by atoms with Crippen LogP contribution in [-0.4, -0.2) is 30.1 Å². The quantitative estimate of drug-likeness (QED) is 0.757. The number of nitriles is 1. The Morgan fingerprint density at radius 2 is 1.88 bits per heavy atom. The number of nitrogens with zero attached hydrogens (tertiary/aromatic N) is 1. The highest BCUT2D eigenvalue weighted by atomic mass is 19.4. The standard InChI is InChI=1S/C16H17F3N2O4/c1-9(8-20)7-12(15(24)25-2)21-14(23)13(22)10-3-5-11(6-4-10)16(17,18)19/h3-6,9,12-13,22H,7H2,1-2H3,(H,21,23)/t9-,12+,13-/m1/s1. The van der Waals surface area contributed by atoms with E-state index >= 15 is 0 Å². The number of carbonyl (C=O) groups excluding carboxylic acids is 2. The number of ether oxygens (including phenoxy) is 1. The number of aliphatic hydroxyl groups is 1. The molecule has 0 spiro atoms. The molecule has 1 aromatic rings. The lowest BCUT2D eigenvalue weighted by molar-refractivity contribution is -0.146. The molecule has 3 atom stereocenters. The number of aliphatic hydroxyl groups excluding tert-OH is 1. The van der Waals surface area contributed by atoms with E-state index in [4.69, 9.17) is 5.26 Å². The molecule has 6 nitrogen and oxygen atoms in total. The van der Waals surface area contributed by atoms with Gasteiger partial charge in [0.2, 0.25) is 0 Å². The number of amides is 1. The summed E-state index contributed by atoms with van der Waals surface area (Å²) < 4.78 is 42.1. The van der Waals surface area contributed by atoms with Crippen LogP contribution in [0.2, 0.25) is 0 Å². The van der Waals surface area contributed by atoms with Crippen LogP contribution >= 0.6 is 0 Å². The zero-order valence-corrected chi connectivity index (χ0v) is 13.5. The number of methoxy groups -OCH3 is 1. The van der Waals surface area contributed by atoms with Gasteiger partial charge in [0.1, 0.15) is 6.04 Å². The van der Waals surface area contributed by atoms with Crippen molar-refractivity contribution in [2.75, 3.05) is 7.11 Å². The molecule has 0 saturated heterocycles. The van der Waals surface area contributed by atoms with Crippen molar-refractivity contribution >= 4 is 11.9 Å². The van der Waals surface area contributed by atoms with Crippen molar-refractivity contribution < 1.29 is 32.6 Å². The van der Waals surface area contributed by atoms with Crippen molar-refractivity contribution in [3.63, 3.8) is 0 Å². The van der Waals surface area contributed by atoms with Crippen molar-refractivity contribution in [1.82, 2.24) is 5.32 Å². The second kappa shape index (κ2) is 8.48. The minimum absolute atomic E-state index is 0.0331. The second-order valence-corrected chi connectivity index (χ2v) is 5.37. The summed E-state index contributed by atoms with van der Waals surface area (Å²) in [6.45, 7) is 1.54. The third-order valence-corrected chi connectivity index (χ3v) is 3.41. The Morgan fingerprint density at radius 1 is 1.32 bits per heavy atom. The summed E-state index contributed by atoms with van der Waals surface area (Å²) in [5.74, 6) is -2.34. The minimum Gasteiger partial charge on any atom is -0.467 e. The summed E-state index contributed by atoms with van der Waals surface area (Å²) in [7, 11) is 1.10. The van der Waals surface area contributed by atoms with E-state index in [-0.39, 0.29) is 12.0 Å². The molecule has 1 aromatic carbocycles. The van der Waals surface area contributed by atoms with Gasteiger partial charge in [-0.25, -0.2) is 4.79 Å². The van der Waals surface area contributed by atoms with Crippen LogP contribution in [0.3, 0.4) is 0 Å². The Balaban J connectivity index is 2.86. The van der Waals surface area contributed by atoms with Gasteiger partial charge in [-0.3, -0.25) is 4.79 Å². The van der Waals surface area contributed by atoms with E-state index in [2.05, 4.69) is 10.1 Å². The van der Waals surface area contributed by atoms with Crippen LogP contribution in [-0.2, 0) is 20.5 Å².